The fraction of sp³-hybridized carbons (Fsp3) is 0.786. The third-order valence-electron chi connectivity index (χ3n) is 5.39. The Morgan fingerprint density at radius 1 is 1.12 bits per heavy atom. The molecule has 0 unspecified atom stereocenters. The highest BCUT2D eigenvalue weighted by Gasteiger charge is 2.52. The predicted octanol–water partition coefficient (Wildman–Crippen LogP) is 3.21. The Kier molecular flexibility index (Phi) is 1.98. The lowest BCUT2D eigenvalue weighted by atomic mass is 9.48. The zero-order chi connectivity index (χ0) is 11.6. The Morgan fingerprint density at radius 3 is 2.06 bits per heavy atom. The van der Waals surface area contributed by atoms with E-state index in [1.165, 1.54) is 60.4 Å². The van der Waals surface area contributed by atoms with Gasteiger partial charge in [0.25, 0.3) is 0 Å². The van der Waals surface area contributed by atoms with Crippen molar-refractivity contribution in [2.75, 3.05) is 0 Å². The minimum atomic E-state index is 0.147. The first kappa shape index (κ1) is 10.4. The summed E-state index contributed by atoms with van der Waals surface area (Å²) >= 11 is 1.41. The molecule has 0 aliphatic heterocycles. The summed E-state index contributed by atoms with van der Waals surface area (Å²) < 4.78 is 0. The lowest BCUT2D eigenvalue weighted by Crippen LogP contribution is -2.49. The van der Waals surface area contributed by atoms with Crippen LogP contribution < -0.4 is 4.87 Å². The predicted molar refractivity (Wildman–Crippen MR) is 69.5 cm³/mol. The third kappa shape index (κ3) is 1.41. The fourth-order valence-corrected chi connectivity index (χ4v) is 6.13. The molecule has 3 heteroatoms. The lowest BCUT2D eigenvalue weighted by Gasteiger charge is -2.56. The fourth-order valence-electron chi connectivity index (χ4n) is 5.33. The Labute approximate surface area is 105 Å². The molecular weight excluding hydrogens is 230 g/mol. The monoisotopic (exact) mass is 249 g/mol. The molecule has 4 aliphatic rings. The van der Waals surface area contributed by atoms with E-state index in [4.69, 9.17) is 0 Å². The van der Waals surface area contributed by atoms with Gasteiger partial charge < -0.3 is 4.98 Å². The Hall–Kier alpha value is -0.570. The van der Waals surface area contributed by atoms with Crippen molar-refractivity contribution in [3.05, 3.63) is 20.2 Å². The number of rotatable bonds is 1. The number of aromatic nitrogens is 1. The summed E-state index contributed by atoms with van der Waals surface area (Å²) in [5.41, 5.74) is 1.67. The Balaban J connectivity index is 1.82. The van der Waals surface area contributed by atoms with Gasteiger partial charge in [0.1, 0.15) is 0 Å². The topological polar surface area (TPSA) is 32.9 Å². The molecule has 1 N–H and O–H groups in total. The van der Waals surface area contributed by atoms with E-state index >= 15 is 0 Å². The van der Waals surface area contributed by atoms with Crippen LogP contribution in [0.4, 0.5) is 0 Å². The first-order valence-corrected chi connectivity index (χ1v) is 7.66. The van der Waals surface area contributed by atoms with Gasteiger partial charge in [-0.15, -0.1) is 0 Å². The molecule has 4 bridgehead atoms. The van der Waals surface area contributed by atoms with Crippen molar-refractivity contribution in [2.24, 2.45) is 17.8 Å². The smallest absolute Gasteiger partial charge is 0.304 e. The number of nitrogens with one attached hydrogen (secondary N) is 1. The average Bonchev–Trinajstić information content (AvgIpc) is 2.56. The van der Waals surface area contributed by atoms with E-state index in [1.807, 2.05) is 0 Å². The zero-order valence-corrected chi connectivity index (χ0v) is 11.1. The van der Waals surface area contributed by atoms with Gasteiger partial charge >= 0.3 is 4.87 Å². The van der Waals surface area contributed by atoms with Gasteiger partial charge in [-0.1, -0.05) is 11.3 Å². The maximum Gasteiger partial charge on any atom is 0.304 e. The molecule has 17 heavy (non-hydrogen) atoms. The maximum absolute atomic E-state index is 11.6. The molecule has 0 atom stereocenters. The maximum atomic E-state index is 11.6. The standard InChI is InChI=1S/C14H19NOS/c1-8-12(15-13(16)17-8)14-5-9-2-10(6-14)4-11(3-9)7-14/h9-11H,2-7H2,1H3,(H,15,16). The second-order valence-electron chi connectivity index (χ2n) is 6.64. The summed E-state index contributed by atoms with van der Waals surface area (Å²) in [5.74, 6) is 2.84. The minimum Gasteiger partial charge on any atom is -0.316 e. The number of thiazole rings is 1. The van der Waals surface area contributed by atoms with Crippen molar-refractivity contribution >= 4 is 11.3 Å². The second kappa shape index (κ2) is 3.25. The van der Waals surface area contributed by atoms with Crippen LogP contribution in [-0.2, 0) is 5.41 Å². The minimum absolute atomic E-state index is 0.147. The quantitative estimate of drug-likeness (QED) is 0.814. The Morgan fingerprint density at radius 2 is 1.65 bits per heavy atom. The second-order valence-corrected chi connectivity index (χ2v) is 7.83. The van der Waals surface area contributed by atoms with Gasteiger partial charge in [-0.25, -0.2) is 0 Å². The lowest BCUT2D eigenvalue weighted by molar-refractivity contribution is -0.00725. The molecule has 0 saturated heterocycles. The number of H-pyrrole nitrogens is 1. The van der Waals surface area contributed by atoms with E-state index in [0.29, 0.717) is 5.41 Å². The number of aromatic amines is 1. The van der Waals surface area contributed by atoms with Crippen LogP contribution >= 0.6 is 11.3 Å². The Bertz CT molecular complexity index is 477. The molecule has 0 aromatic carbocycles. The molecule has 4 fully saturated rings. The van der Waals surface area contributed by atoms with E-state index < -0.39 is 0 Å². The van der Waals surface area contributed by atoms with E-state index in [0.717, 1.165) is 17.8 Å². The van der Waals surface area contributed by atoms with Crippen LogP contribution in [0.2, 0.25) is 0 Å². The van der Waals surface area contributed by atoms with Crippen LogP contribution in [0.3, 0.4) is 0 Å². The first-order chi connectivity index (χ1) is 8.14. The first-order valence-electron chi connectivity index (χ1n) is 6.85. The van der Waals surface area contributed by atoms with Crippen LogP contribution in [0, 0.1) is 24.7 Å². The van der Waals surface area contributed by atoms with Crippen LogP contribution in [-0.4, -0.2) is 4.98 Å². The van der Waals surface area contributed by atoms with Crippen LogP contribution in [0.5, 0.6) is 0 Å². The molecule has 92 valence electrons. The van der Waals surface area contributed by atoms with Crippen molar-refractivity contribution in [1.29, 1.82) is 0 Å². The molecule has 4 aliphatic carbocycles. The van der Waals surface area contributed by atoms with Gasteiger partial charge in [-0.2, -0.15) is 0 Å². The average molecular weight is 249 g/mol. The van der Waals surface area contributed by atoms with E-state index in [9.17, 15) is 4.79 Å². The third-order valence-corrected chi connectivity index (χ3v) is 6.19. The van der Waals surface area contributed by atoms with Gasteiger partial charge in [0, 0.05) is 16.0 Å². The van der Waals surface area contributed by atoms with Gasteiger partial charge in [0.15, 0.2) is 0 Å². The summed E-state index contributed by atoms with van der Waals surface area (Å²) in [6.07, 6.45) is 8.41. The van der Waals surface area contributed by atoms with Gasteiger partial charge in [-0.3, -0.25) is 4.79 Å². The molecule has 2 nitrogen and oxygen atoms in total. The van der Waals surface area contributed by atoms with Crippen molar-refractivity contribution in [3.63, 3.8) is 0 Å². The number of hydrogen-bond acceptors (Lipinski definition) is 2. The zero-order valence-electron chi connectivity index (χ0n) is 10.3. The summed E-state index contributed by atoms with van der Waals surface area (Å²) in [6, 6.07) is 0. The molecule has 1 heterocycles. The largest absolute Gasteiger partial charge is 0.316 e. The molecule has 1 aromatic rings. The van der Waals surface area contributed by atoms with Crippen molar-refractivity contribution in [2.45, 2.75) is 50.9 Å². The molecule has 0 radical (unpaired) electrons. The molecule has 1 aromatic heterocycles. The van der Waals surface area contributed by atoms with Crippen molar-refractivity contribution in [3.8, 4) is 0 Å². The molecule has 0 amide bonds. The SMILES string of the molecule is Cc1sc(=O)[nH]c1C12CC3CC(CC(C3)C1)C2. The summed E-state index contributed by atoms with van der Waals surface area (Å²) in [7, 11) is 0. The van der Waals surface area contributed by atoms with E-state index in [1.54, 1.807) is 0 Å². The molecule has 4 saturated carbocycles. The van der Waals surface area contributed by atoms with Crippen LogP contribution in [0.1, 0.15) is 49.1 Å². The molecule has 0 spiro atoms. The van der Waals surface area contributed by atoms with Crippen molar-refractivity contribution < 1.29 is 0 Å². The highest BCUT2D eigenvalue weighted by molar-refractivity contribution is 7.09. The summed E-state index contributed by atoms with van der Waals surface area (Å²) in [6.45, 7) is 2.12. The van der Waals surface area contributed by atoms with Gasteiger partial charge in [-0.05, 0) is 63.2 Å². The number of hydrogen-bond donors (Lipinski definition) is 1. The molecule has 5 rings (SSSR count). The summed E-state index contributed by atoms with van der Waals surface area (Å²) in [5, 5.41) is 0. The van der Waals surface area contributed by atoms with Crippen LogP contribution in [0.25, 0.3) is 0 Å². The van der Waals surface area contributed by atoms with Gasteiger partial charge in [0.05, 0.1) is 0 Å². The van der Waals surface area contributed by atoms with Gasteiger partial charge in [0.2, 0.25) is 0 Å². The van der Waals surface area contributed by atoms with E-state index in [2.05, 4.69) is 11.9 Å². The van der Waals surface area contributed by atoms with Crippen molar-refractivity contribution in [1.82, 2.24) is 4.98 Å². The molecular formula is C14H19NOS. The normalized spacial score (nSPS) is 43.2. The summed E-state index contributed by atoms with van der Waals surface area (Å²) in [4.78, 5) is 16.1. The van der Waals surface area contributed by atoms with Crippen LogP contribution in [0.15, 0.2) is 4.79 Å². The highest BCUT2D eigenvalue weighted by atomic mass is 32.1. The van der Waals surface area contributed by atoms with E-state index in [-0.39, 0.29) is 4.87 Å². The highest BCUT2D eigenvalue weighted by Crippen LogP contribution is 2.60. The number of aryl methyl sites for hydroxylation is 1.